The van der Waals surface area contributed by atoms with Gasteiger partial charge in [-0.05, 0) is 41.8 Å². The van der Waals surface area contributed by atoms with E-state index < -0.39 is 21.6 Å². The number of benzene rings is 2. The lowest BCUT2D eigenvalue weighted by molar-refractivity contribution is 0.0763. The molecule has 1 unspecified atom stereocenters. The fourth-order valence-electron chi connectivity index (χ4n) is 3.06. The maximum absolute atomic E-state index is 13.7. The highest BCUT2D eigenvalue weighted by molar-refractivity contribution is 7.87. The van der Waals surface area contributed by atoms with Crippen LogP contribution < -0.4 is 5.73 Å². The molecule has 0 aliphatic carbocycles. The Morgan fingerprint density at radius 3 is 2.48 bits per heavy atom. The quantitative estimate of drug-likeness (QED) is 0.692. The van der Waals surface area contributed by atoms with E-state index in [0.717, 1.165) is 8.28 Å². The lowest BCUT2D eigenvalue weighted by atomic mass is 9.84. The summed E-state index contributed by atoms with van der Waals surface area (Å²) in [7, 11) is -1.13. The van der Waals surface area contributed by atoms with Crippen molar-refractivity contribution in [3.63, 3.8) is 0 Å². The number of anilines is 1. The molecule has 2 aromatic carbocycles. The van der Waals surface area contributed by atoms with Gasteiger partial charge in [0.05, 0.1) is 11.0 Å². The highest BCUT2D eigenvalue weighted by Crippen LogP contribution is 2.35. The third kappa shape index (κ3) is 3.07. The Morgan fingerprint density at radius 1 is 1.22 bits per heavy atom. The van der Waals surface area contributed by atoms with Crippen LogP contribution in [0.25, 0.3) is 11.0 Å². The van der Waals surface area contributed by atoms with Gasteiger partial charge in [-0.3, -0.25) is 0 Å². The van der Waals surface area contributed by atoms with Gasteiger partial charge in [0.2, 0.25) is 5.95 Å². The van der Waals surface area contributed by atoms with E-state index in [1.165, 1.54) is 38.4 Å². The molecule has 0 amide bonds. The average Bonchev–Trinajstić information content (AvgIpc) is 2.96. The van der Waals surface area contributed by atoms with Crippen LogP contribution in [0.15, 0.2) is 42.5 Å². The number of hydrogen-bond donors (Lipinski definition) is 2. The number of hydrogen-bond acceptors (Lipinski definition) is 5. The van der Waals surface area contributed by atoms with Gasteiger partial charge in [-0.1, -0.05) is 25.1 Å². The summed E-state index contributed by atoms with van der Waals surface area (Å²) >= 11 is 0. The number of rotatable bonds is 5. The van der Waals surface area contributed by atoms with Crippen molar-refractivity contribution in [3.05, 3.63) is 59.4 Å². The number of aromatic nitrogens is 2. The number of halogens is 1. The maximum Gasteiger partial charge on any atom is 0.310 e. The number of imidazole rings is 1. The molecular weight excluding hydrogens is 371 g/mol. The van der Waals surface area contributed by atoms with Gasteiger partial charge in [0.1, 0.15) is 11.4 Å². The summed E-state index contributed by atoms with van der Waals surface area (Å²) in [6, 6.07) is 10.4. The van der Waals surface area contributed by atoms with Crippen molar-refractivity contribution in [2.45, 2.75) is 18.9 Å². The van der Waals surface area contributed by atoms with E-state index in [9.17, 15) is 17.9 Å². The first-order valence-electron chi connectivity index (χ1n) is 8.31. The molecule has 3 rings (SSSR count). The first-order chi connectivity index (χ1) is 12.6. The van der Waals surface area contributed by atoms with Crippen LogP contribution in [0, 0.1) is 5.82 Å². The summed E-state index contributed by atoms with van der Waals surface area (Å²) in [5.74, 6) is -0.647. The van der Waals surface area contributed by atoms with E-state index in [0.29, 0.717) is 16.6 Å². The fourth-order valence-corrected chi connectivity index (χ4v) is 4.06. The minimum absolute atomic E-state index is 0.179. The molecule has 27 heavy (non-hydrogen) atoms. The van der Waals surface area contributed by atoms with Crippen LogP contribution in [0.2, 0.25) is 0 Å². The van der Waals surface area contributed by atoms with E-state index in [4.69, 9.17) is 5.73 Å². The fraction of sp³-hybridized carbons (Fsp3) is 0.278. The lowest BCUT2D eigenvalue weighted by Crippen LogP contribution is -2.30. The number of nitrogens with zero attached hydrogens (tertiary/aromatic N) is 3. The summed E-state index contributed by atoms with van der Waals surface area (Å²) in [5, 5.41) is 11.3. The zero-order chi connectivity index (χ0) is 20.0. The number of fused-ring (bicyclic) bond motifs is 1. The van der Waals surface area contributed by atoms with Crippen molar-refractivity contribution in [1.29, 1.82) is 0 Å². The van der Waals surface area contributed by atoms with Crippen molar-refractivity contribution in [3.8, 4) is 0 Å². The second kappa shape index (κ2) is 6.59. The molecule has 144 valence electrons. The van der Waals surface area contributed by atoms with Crippen molar-refractivity contribution in [2.24, 2.45) is 0 Å². The SMILES string of the molecule is CCC(O)(c1cccc(F)c1)c1ccc2nc(N)n(S(=O)(=O)N(C)C)c2c1. The molecule has 0 saturated heterocycles. The molecule has 0 bridgehead atoms. The van der Waals surface area contributed by atoms with Gasteiger partial charge in [-0.2, -0.15) is 16.7 Å². The molecule has 0 spiro atoms. The number of aliphatic hydroxyl groups is 1. The van der Waals surface area contributed by atoms with Gasteiger partial charge in [0, 0.05) is 14.1 Å². The largest absolute Gasteiger partial charge is 0.380 e. The molecule has 0 aliphatic rings. The molecule has 0 aliphatic heterocycles. The average molecular weight is 392 g/mol. The Hall–Kier alpha value is -2.49. The number of nitrogens with two attached hydrogens (primary N) is 1. The van der Waals surface area contributed by atoms with Crippen LogP contribution in [0.5, 0.6) is 0 Å². The molecule has 7 nitrogen and oxygen atoms in total. The Morgan fingerprint density at radius 2 is 1.89 bits per heavy atom. The van der Waals surface area contributed by atoms with Gasteiger partial charge < -0.3 is 10.8 Å². The van der Waals surface area contributed by atoms with E-state index in [2.05, 4.69) is 4.98 Å². The molecule has 1 heterocycles. The highest BCUT2D eigenvalue weighted by Gasteiger charge is 2.32. The van der Waals surface area contributed by atoms with E-state index in [1.807, 2.05) is 0 Å². The predicted octanol–water partition coefficient (Wildman–Crippen LogP) is 2.06. The predicted molar refractivity (Wildman–Crippen MR) is 102 cm³/mol. The smallest absolute Gasteiger partial charge is 0.310 e. The van der Waals surface area contributed by atoms with Crippen molar-refractivity contribution >= 4 is 27.2 Å². The van der Waals surface area contributed by atoms with Gasteiger partial charge in [0.25, 0.3) is 0 Å². The first-order valence-corrected chi connectivity index (χ1v) is 9.71. The summed E-state index contributed by atoms with van der Waals surface area (Å²) in [6.07, 6.45) is 0.256. The van der Waals surface area contributed by atoms with Crippen LogP contribution in [-0.4, -0.2) is 40.9 Å². The molecule has 1 atom stereocenters. The Kier molecular flexibility index (Phi) is 4.71. The molecular formula is C18H21FN4O3S. The van der Waals surface area contributed by atoms with Gasteiger partial charge in [-0.25, -0.2) is 9.37 Å². The lowest BCUT2D eigenvalue weighted by Gasteiger charge is -2.28. The zero-order valence-electron chi connectivity index (χ0n) is 15.2. The topological polar surface area (TPSA) is 101 Å². The van der Waals surface area contributed by atoms with Crippen molar-refractivity contribution < 1.29 is 17.9 Å². The van der Waals surface area contributed by atoms with E-state index in [-0.39, 0.29) is 17.9 Å². The molecule has 9 heteroatoms. The van der Waals surface area contributed by atoms with Crippen LogP contribution in [-0.2, 0) is 15.8 Å². The Balaban J connectivity index is 2.27. The molecule has 0 fully saturated rings. The van der Waals surface area contributed by atoms with Crippen LogP contribution in [0.1, 0.15) is 24.5 Å². The molecule has 3 N–H and O–H groups in total. The Bertz CT molecular complexity index is 1110. The Labute approximate surface area is 157 Å². The minimum atomic E-state index is -3.91. The summed E-state index contributed by atoms with van der Waals surface area (Å²) < 4.78 is 40.9. The molecule has 1 aromatic heterocycles. The van der Waals surface area contributed by atoms with Crippen LogP contribution >= 0.6 is 0 Å². The van der Waals surface area contributed by atoms with Crippen LogP contribution in [0.3, 0.4) is 0 Å². The summed E-state index contributed by atoms with van der Waals surface area (Å²) in [5.41, 5.74) is 5.74. The van der Waals surface area contributed by atoms with Gasteiger partial charge in [-0.15, -0.1) is 0 Å². The standard InChI is InChI=1S/C18H21FN4O3S/c1-4-18(24,12-6-5-7-14(19)10-12)13-8-9-15-16(11-13)23(17(20)21-15)27(25,26)22(2)3/h5-11,24H,4H2,1-3H3,(H2,20,21). The van der Waals surface area contributed by atoms with E-state index >= 15 is 0 Å². The molecule has 0 radical (unpaired) electrons. The van der Waals surface area contributed by atoms with Crippen molar-refractivity contribution in [2.75, 3.05) is 19.8 Å². The van der Waals surface area contributed by atoms with Gasteiger partial charge >= 0.3 is 10.2 Å². The third-order valence-corrected chi connectivity index (χ3v) is 6.39. The summed E-state index contributed by atoms with van der Waals surface area (Å²) in [4.78, 5) is 4.09. The second-order valence-electron chi connectivity index (χ2n) is 6.45. The number of nitrogen functional groups attached to an aromatic ring is 1. The maximum atomic E-state index is 13.7. The molecule has 0 saturated carbocycles. The van der Waals surface area contributed by atoms with E-state index in [1.54, 1.807) is 25.1 Å². The molecule has 3 aromatic rings. The van der Waals surface area contributed by atoms with Gasteiger partial charge in [0.15, 0.2) is 0 Å². The first kappa shape index (κ1) is 19.3. The zero-order valence-corrected chi connectivity index (χ0v) is 16.0. The third-order valence-electron chi connectivity index (χ3n) is 4.62. The summed E-state index contributed by atoms with van der Waals surface area (Å²) in [6.45, 7) is 1.76. The van der Waals surface area contributed by atoms with Crippen LogP contribution in [0.4, 0.5) is 10.3 Å². The second-order valence-corrected chi connectivity index (χ2v) is 8.44. The normalized spacial score (nSPS) is 14.6. The highest BCUT2D eigenvalue weighted by atomic mass is 32.2. The minimum Gasteiger partial charge on any atom is -0.380 e. The van der Waals surface area contributed by atoms with Crippen molar-refractivity contribution in [1.82, 2.24) is 13.3 Å². The monoisotopic (exact) mass is 392 g/mol.